The van der Waals surface area contributed by atoms with E-state index in [1.165, 1.54) is 0 Å². The summed E-state index contributed by atoms with van der Waals surface area (Å²) in [7, 11) is 0. The second-order valence-corrected chi connectivity index (χ2v) is 5.97. The summed E-state index contributed by atoms with van der Waals surface area (Å²) in [5.74, 6) is 7.01. The van der Waals surface area contributed by atoms with E-state index < -0.39 is 0 Å². The molecule has 1 N–H and O–H groups in total. The quantitative estimate of drug-likeness (QED) is 0.669. The minimum Gasteiger partial charge on any atom is -0.490 e. The Morgan fingerprint density at radius 1 is 1.00 bits per heavy atom. The molecule has 0 unspecified atom stereocenters. The summed E-state index contributed by atoms with van der Waals surface area (Å²) in [6, 6.07) is 10.6. The largest absolute Gasteiger partial charge is 0.490 e. The molecule has 0 atom stereocenters. The van der Waals surface area contributed by atoms with E-state index in [1.807, 2.05) is 39.0 Å². The van der Waals surface area contributed by atoms with Crippen LogP contribution in [0.4, 0.5) is 0 Å². The third kappa shape index (κ3) is 5.83. The first-order valence-electron chi connectivity index (χ1n) is 9.18. The monoisotopic (exact) mass is 401 g/mol. The van der Waals surface area contributed by atoms with E-state index in [4.69, 9.17) is 25.8 Å². The summed E-state index contributed by atoms with van der Waals surface area (Å²) in [6.45, 7) is 7.15. The Hall–Kier alpha value is -2.84. The van der Waals surface area contributed by atoms with Gasteiger partial charge in [-0.3, -0.25) is 4.79 Å². The molecule has 0 saturated heterocycles. The van der Waals surface area contributed by atoms with E-state index in [0.29, 0.717) is 47.7 Å². The molecule has 0 aromatic heterocycles. The summed E-state index contributed by atoms with van der Waals surface area (Å²) in [4.78, 5) is 12.5. The van der Waals surface area contributed by atoms with Crippen LogP contribution < -0.4 is 19.5 Å². The molecule has 0 fully saturated rings. The second kappa shape index (κ2) is 11.1. The Morgan fingerprint density at radius 2 is 1.61 bits per heavy atom. The van der Waals surface area contributed by atoms with Crippen LogP contribution in [0.2, 0.25) is 5.02 Å². The molecule has 0 aliphatic rings. The third-order valence-electron chi connectivity index (χ3n) is 3.61. The van der Waals surface area contributed by atoms with E-state index in [9.17, 15) is 4.79 Å². The van der Waals surface area contributed by atoms with E-state index in [1.54, 1.807) is 18.2 Å². The van der Waals surface area contributed by atoms with Gasteiger partial charge in [-0.05, 0) is 45.0 Å². The summed E-state index contributed by atoms with van der Waals surface area (Å²) >= 11 is 6.07. The van der Waals surface area contributed by atoms with Gasteiger partial charge in [-0.2, -0.15) is 0 Å². The number of carbonyl (C=O) groups excluding carboxylic acids is 1. The van der Waals surface area contributed by atoms with Crippen LogP contribution >= 0.6 is 11.6 Å². The lowest BCUT2D eigenvalue weighted by molar-refractivity contribution is 0.0957. The van der Waals surface area contributed by atoms with Crippen LogP contribution in [0, 0.1) is 11.8 Å². The maximum atomic E-state index is 12.5. The van der Waals surface area contributed by atoms with Crippen molar-refractivity contribution in [2.45, 2.75) is 20.8 Å². The predicted molar refractivity (Wildman–Crippen MR) is 111 cm³/mol. The summed E-state index contributed by atoms with van der Waals surface area (Å²) in [5.41, 5.74) is 1.13. The van der Waals surface area contributed by atoms with Gasteiger partial charge in [0.2, 0.25) is 5.75 Å². The molecule has 2 rings (SSSR count). The zero-order valence-electron chi connectivity index (χ0n) is 16.3. The Kier molecular flexibility index (Phi) is 8.51. The second-order valence-electron chi connectivity index (χ2n) is 5.56. The molecule has 0 radical (unpaired) electrons. The van der Waals surface area contributed by atoms with Gasteiger partial charge in [0, 0.05) is 11.1 Å². The molecular formula is C22H24ClNO4. The molecule has 148 valence electrons. The van der Waals surface area contributed by atoms with Crippen LogP contribution in [0.3, 0.4) is 0 Å². The Labute approximate surface area is 170 Å². The number of carbonyl (C=O) groups is 1. The fraction of sp³-hybridized carbons (Fsp3) is 0.318. The molecule has 2 aromatic rings. The summed E-state index contributed by atoms with van der Waals surface area (Å²) < 4.78 is 16.9. The maximum Gasteiger partial charge on any atom is 0.252 e. The first-order valence-corrected chi connectivity index (χ1v) is 9.56. The molecule has 0 saturated carbocycles. The summed E-state index contributed by atoms with van der Waals surface area (Å²) in [6.07, 6.45) is 0. The van der Waals surface area contributed by atoms with Crippen LogP contribution in [0.25, 0.3) is 0 Å². The Bertz CT molecular complexity index is 843. The number of amides is 1. The van der Waals surface area contributed by atoms with Crippen molar-refractivity contribution in [3.05, 3.63) is 52.5 Å². The van der Waals surface area contributed by atoms with E-state index in [2.05, 4.69) is 17.2 Å². The predicted octanol–water partition coefficient (Wildman–Crippen LogP) is 4.32. The van der Waals surface area contributed by atoms with Crippen LogP contribution in [0.5, 0.6) is 17.2 Å². The van der Waals surface area contributed by atoms with Crippen molar-refractivity contribution in [2.75, 3.05) is 26.4 Å². The van der Waals surface area contributed by atoms with Gasteiger partial charge in [-0.25, -0.2) is 0 Å². The molecule has 0 aliphatic heterocycles. The van der Waals surface area contributed by atoms with E-state index >= 15 is 0 Å². The van der Waals surface area contributed by atoms with Gasteiger partial charge in [-0.15, -0.1) is 0 Å². The number of hydrogen-bond donors (Lipinski definition) is 1. The number of hydrogen-bond acceptors (Lipinski definition) is 4. The van der Waals surface area contributed by atoms with Gasteiger partial charge in [0.1, 0.15) is 0 Å². The lowest BCUT2D eigenvalue weighted by Crippen LogP contribution is -2.23. The van der Waals surface area contributed by atoms with Gasteiger partial charge in [0.05, 0.1) is 31.4 Å². The number of halogens is 1. The highest BCUT2D eigenvalue weighted by molar-refractivity contribution is 6.31. The molecule has 6 heteroatoms. The topological polar surface area (TPSA) is 56.8 Å². The first-order chi connectivity index (χ1) is 13.6. The number of rotatable bonds is 8. The normalized spacial score (nSPS) is 9.86. The van der Waals surface area contributed by atoms with Crippen molar-refractivity contribution in [3.63, 3.8) is 0 Å². The van der Waals surface area contributed by atoms with Gasteiger partial charge in [0.25, 0.3) is 5.91 Å². The highest BCUT2D eigenvalue weighted by atomic mass is 35.5. The average Bonchev–Trinajstić information content (AvgIpc) is 2.69. The Morgan fingerprint density at radius 3 is 2.18 bits per heavy atom. The van der Waals surface area contributed by atoms with Crippen molar-refractivity contribution in [2.24, 2.45) is 0 Å². The average molecular weight is 402 g/mol. The highest BCUT2D eigenvalue weighted by Crippen LogP contribution is 2.39. The lowest BCUT2D eigenvalue weighted by atomic mass is 10.1. The highest BCUT2D eigenvalue weighted by Gasteiger charge is 2.18. The molecule has 0 aliphatic carbocycles. The molecular weight excluding hydrogens is 378 g/mol. The van der Waals surface area contributed by atoms with Crippen molar-refractivity contribution >= 4 is 17.5 Å². The number of benzene rings is 2. The molecule has 5 nitrogen and oxygen atoms in total. The molecule has 28 heavy (non-hydrogen) atoms. The van der Waals surface area contributed by atoms with Crippen molar-refractivity contribution in [1.82, 2.24) is 5.32 Å². The smallest absolute Gasteiger partial charge is 0.252 e. The maximum absolute atomic E-state index is 12.5. The minimum absolute atomic E-state index is 0.186. The summed E-state index contributed by atoms with van der Waals surface area (Å²) in [5, 5.41) is 3.35. The van der Waals surface area contributed by atoms with Gasteiger partial charge >= 0.3 is 0 Å². The Balaban J connectivity index is 2.17. The van der Waals surface area contributed by atoms with Crippen LogP contribution in [-0.4, -0.2) is 32.3 Å². The van der Waals surface area contributed by atoms with Gasteiger partial charge in [0.15, 0.2) is 11.5 Å². The molecule has 0 bridgehead atoms. The van der Waals surface area contributed by atoms with E-state index in [-0.39, 0.29) is 12.5 Å². The van der Waals surface area contributed by atoms with Gasteiger partial charge in [-0.1, -0.05) is 35.6 Å². The number of nitrogens with one attached hydrogen (secondary N) is 1. The van der Waals surface area contributed by atoms with Crippen molar-refractivity contribution in [1.29, 1.82) is 0 Å². The zero-order valence-corrected chi connectivity index (χ0v) is 17.1. The molecule has 0 heterocycles. The minimum atomic E-state index is -0.279. The van der Waals surface area contributed by atoms with Crippen LogP contribution in [0.15, 0.2) is 36.4 Å². The fourth-order valence-electron chi connectivity index (χ4n) is 2.45. The SMILES string of the molecule is CCOc1cc(C(=O)NCC#Cc2ccccc2Cl)cc(OCC)c1OCC. The lowest BCUT2D eigenvalue weighted by Gasteiger charge is -2.16. The molecule has 2 aromatic carbocycles. The zero-order chi connectivity index (χ0) is 20.4. The standard InChI is InChI=1S/C22H24ClNO4/c1-4-26-19-14-17(15-20(27-5-2)21(19)28-6-3)22(25)24-13-9-11-16-10-7-8-12-18(16)23/h7-8,10,12,14-15H,4-6,13H2,1-3H3,(H,24,25). The molecule has 1 amide bonds. The number of ether oxygens (including phenoxy) is 3. The van der Waals surface area contributed by atoms with Crippen LogP contribution in [0.1, 0.15) is 36.7 Å². The first kappa shape index (κ1) is 21.5. The van der Waals surface area contributed by atoms with Crippen LogP contribution in [-0.2, 0) is 0 Å². The van der Waals surface area contributed by atoms with E-state index in [0.717, 1.165) is 5.56 Å². The van der Waals surface area contributed by atoms with Gasteiger partial charge < -0.3 is 19.5 Å². The van der Waals surface area contributed by atoms with Crippen molar-refractivity contribution < 1.29 is 19.0 Å². The fourth-order valence-corrected chi connectivity index (χ4v) is 2.63. The third-order valence-corrected chi connectivity index (χ3v) is 3.94. The molecule has 0 spiro atoms. The van der Waals surface area contributed by atoms with Crippen molar-refractivity contribution in [3.8, 4) is 29.1 Å².